The fourth-order valence-corrected chi connectivity index (χ4v) is 2.61. The first kappa shape index (κ1) is 14.5. The van der Waals surface area contributed by atoms with Gasteiger partial charge in [0.25, 0.3) is 0 Å². The Hall–Kier alpha value is -0.900. The minimum absolute atomic E-state index is 0.224. The maximum Gasteiger partial charge on any atom is 0.0702 e. The summed E-state index contributed by atoms with van der Waals surface area (Å²) in [4.78, 5) is 2.32. The van der Waals surface area contributed by atoms with Crippen molar-refractivity contribution in [2.24, 2.45) is 0 Å². The number of hydrogen-bond acceptors (Lipinski definition) is 3. The lowest BCUT2D eigenvalue weighted by molar-refractivity contribution is -0.00771. The molecule has 0 amide bonds. The predicted octanol–water partition coefficient (Wildman–Crippen LogP) is 2.09. The summed E-state index contributed by atoms with van der Waals surface area (Å²) in [5, 5.41) is 9.18. The van der Waals surface area contributed by atoms with Crippen LogP contribution in [0.1, 0.15) is 24.8 Å². The molecular weight excluding hydrogens is 238 g/mol. The average molecular weight is 263 g/mol. The van der Waals surface area contributed by atoms with Gasteiger partial charge in [-0.3, -0.25) is 4.90 Å². The average Bonchev–Trinajstić information content (AvgIpc) is 2.47. The molecule has 1 saturated heterocycles. The molecule has 1 aliphatic rings. The van der Waals surface area contributed by atoms with E-state index in [-0.39, 0.29) is 6.61 Å². The maximum absolute atomic E-state index is 9.18. The molecule has 0 bridgehead atoms. The van der Waals surface area contributed by atoms with E-state index in [4.69, 9.17) is 4.74 Å². The zero-order valence-corrected chi connectivity index (χ0v) is 11.6. The molecule has 2 rings (SSSR count). The largest absolute Gasteiger partial charge is 0.395 e. The van der Waals surface area contributed by atoms with Crippen LogP contribution in [0.4, 0.5) is 0 Å². The molecule has 3 nitrogen and oxygen atoms in total. The number of nitrogens with zero attached hydrogens (tertiary/aromatic N) is 1. The van der Waals surface area contributed by atoms with E-state index in [0.717, 1.165) is 39.1 Å². The molecule has 0 spiro atoms. The minimum Gasteiger partial charge on any atom is -0.395 e. The van der Waals surface area contributed by atoms with Gasteiger partial charge in [0, 0.05) is 26.2 Å². The molecule has 1 aromatic rings. The Kier molecular flexibility index (Phi) is 6.34. The lowest BCUT2D eigenvalue weighted by atomic mass is 10.1. The zero-order chi connectivity index (χ0) is 13.3. The van der Waals surface area contributed by atoms with Crippen molar-refractivity contribution >= 4 is 0 Å². The molecule has 0 aromatic heterocycles. The van der Waals surface area contributed by atoms with Gasteiger partial charge in [-0.05, 0) is 31.2 Å². The summed E-state index contributed by atoms with van der Waals surface area (Å²) in [6, 6.07) is 10.5. The van der Waals surface area contributed by atoms with Crippen molar-refractivity contribution in [1.82, 2.24) is 4.90 Å². The van der Waals surface area contributed by atoms with Crippen LogP contribution in [0.2, 0.25) is 0 Å². The SMILES string of the molecule is OCCN(CCc1ccccc1)CC1CCCCO1. The topological polar surface area (TPSA) is 32.7 Å². The molecule has 1 aliphatic heterocycles. The highest BCUT2D eigenvalue weighted by atomic mass is 16.5. The van der Waals surface area contributed by atoms with Gasteiger partial charge in [-0.2, -0.15) is 0 Å². The van der Waals surface area contributed by atoms with Crippen molar-refractivity contribution in [3.63, 3.8) is 0 Å². The molecule has 106 valence electrons. The lowest BCUT2D eigenvalue weighted by Crippen LogP contribution is -2.38. The van der Waals surface area contributed by atoms with Gasteiger partial charge in [0.1, 0.15) is 0 Å². The van der Waals surface area contributed by atoms with Gasteiger partial charge >= 0.3 is 0 Å². The number of hydrogen-bond donors (Lipinski definition) is 1. The van der Waals surface area contributed by atoms with Gasteiger partial charge in [-0.1, -0.05) is 30.3 Å². The molecule has 1 N–H and O–H groups in total. The summed E-state index contributed by atoms with van der Waals surface area (Å²) in [5.74, 6) is 0. The Morgan fingerprint density at radius 3 is 2.68 bits per heavy atom. The number of rotatable bonds is 7. The summed E-state index contributed by atoms with van der Waals surface area (Å²) >= 11 is 0. The first-order chi connectivity index (χ1) is 9.38. The number of aliphatic hydroxyl groups is 1. The second kappa shape index (κ2) is 8.31. The zero-order valence-electron chi connectivity index (χ0n) is 11.6. The van der Waals surface area contributed by atoms with Crippen LogP contribution in [0.5, 0.6) is 0 Å². The molecule has 0 saturated carbocycles. The third-order valence-electron chi connectivity index (χ3n) is 3.71. The third kappa shape index (κ3) is 5.31. The molecule has 19 heavy (non-hydrogen) atoms. The second-order valence-corrected chi connectivity index (χ2v) is 5.25. The van der Waals surface area contributed by atoms with Crippen LogP contribution in [0.3, 0.4) is 0 Å². The highest BCUT2D eigenvalue weighted by Gasteiger charge is 2.17. The molecule has 1 atom stereocenters. The molecule has 3 heteroatoms. The molecule has 1 aromatic carbocycles. The monoisotopic (exact) mass is 263 g/mol. The standard InChI is InChI=1S/C16H25NO2/c18-12-11-17(14-16-8-4-5-13-19-16)10-9-15-6-2-1-3-7-15/h1-3,6-7,16,18H,4-5,8-14H2. The number of benzene rings is 1. The van der Waals surface area contributed by atoms with E-state index < -0.39 is 0 Å². The van der Waals surface area contributed by atoms with Crippen LogP contribution in [0.15, 0.2) is 30.3 Å². The van der Waals surface area contributed by atoms with E-state index in [1.807, 2.05) is 6.07 Å². The van der Waals surface area contributed by atoms with Gasteiger partial charge in [0.15, 0.2) is 0 Å². The van der Waals surface area contributed by atoms with Gasteiger partial charge in [0.05, 0.1) is 12.7 Å². The van der Waals surface area contributed by atoms with Crippen LogP contribution < -0.4 is 0 Å². The third-order valence-corrected chi connectivity index (χ3v) is 3.71. The quantitative estimate of drug-likeness (QED) is 0.817. The molecule has 0 radical (unpaired) electrons. The van der Waals surface area contributed by atoms with Crippen LogP contribution in [0, 0.1) is 0 Å². The molecule has 1 heterocycles. The Labute approximate surface area is 116 Å². The normalized spacial score (nSPS) is 19.8. The summed E-state index contributed by atoms with van der Waals surface area (Å²) in [6.07, 6.45) is 5.02. The molecular formula is C16H25NO2. The first-order valence-electron chi connectivity index (χ1n) is 7.37. The second-order valence-electron chi connectivity index (χ2n) is 5.25. The van der Waals surface area contributed by atoms with E-state index in [9.17, 15) is 5.11 Å². The van der Waals surface area contributed by atoms with Gasteiger partial charge in [-0.15, -0.1) is 0 Å². The van der Waals surface area contributed by atoms with Crippen molar-refractivity contribution in [2.75, 3.05) is 32.8 Å². The summed E-state index contributed by atoms with van der Waals surface area (Å²) in [6.45, 7) is 3.81. The van der Waals surface area contributed by atoms with Gasteiger partial charge < -0.3 is 9.84 Å². The van der Waals surface area contributed by atoms with Crippen molar-refractivity contribution in [1.29, 1.82) is 0 Å². The fourth-order valence-electron chi connectivity index (χ4n) is 2.61. The minimum atomic E-state index is 0.224. The van der Waals surface area contributed by atoms with Crippen molar-refractivity contribution in [2.45, 2.75) is 31.8 Å². The lowest BCUT2D eigenvalue weighted by Gasteiger charge is -2.29. The van der Waals surface area contributed by atoms with Gasteiger partial charge in [0.2, 0.25) is 0 Å². The highest BCUT2D eigenvalue weighted by molar-refractivity contribution is 5.14. The van der Waals surface area contributed by atoms with E-state index in [0.29, 0.717) is 6.10 Å². The molecule has 1 fully saturated rings. The van der Waals surface area contributed by atoms with Crippen molar-refractivity contribution in [3.8, 4) is 0 Å². The Balaban J connectivity index is 1.78. The summed E-state index contributed by atoms with van der Waals surface area (Å²) < 4.78 is 5.78. The van der Waals surface area contributed by atoms with Crippen molar-refractivity contribution < 1.29 is 9.84 Å². The maximum atomic E-state index is 9.18. The number of aliphatic hydroxyl groups excluding tert-OH is 1. The van der Waals surface area contributed by atoms with E-state index in [1.54, 1.807) is 0 Å². The van der Waals surface area contributed by atoms with Crippen LogP contribution in [-0.2, 0) is 11.2 Å². The van der Waals surface area contributed by atoms with E-state index in [2.05, 4.69) is 29.2 Å². The van der Waals surface area contributed by atoms with Crippen LogP contribution >= 0.6 is 0 Å². The van der Waals surface area contributed by atoms with E-state index >= 15 is 0 Å². The van der Waals surface area contributed by atoms with E-state index in [1.165, 1.54) is 18.4 Å². The smallest absolute Gasteiger partial charge is 0.0702 e. The Morgan fingerprint density at radius 2 is 2.00 bits per heavy atom. The predicted molar refractivity (Wildman–Crippen MR) is 77.3 cm³/mol. The summed E-state index contributed by atoms with van der Waals surface area (Å²) in [5.41, 5.74) is 1.36. The Bertz CT molecular complexity index is 336. The van der Waals surface area contributed by atoms with Crippen LogP contribution in [0.25, 0.3) is 0 Å². The summed E-state index contributed by atoms with van der Waals surface area (Å²) in [7, 11) is 0. The first-order valence-corrected chi connectivity index (χ1v) is 7.37. The molecule has 0 aliphatic carbocycles. The fraction of sp³-hybridized carbons (Fsp3) is 0.625. The highest BCUT2D eigenvalue weighted by Crippen LogP contribution is 2.14. The number of ether oxygens (including phenoxy) is 1. The van der Waals surface area contributed by atoms with Crippen LogP contribution in [-0.4, -0.2) is 49.0 Å². The Morgan fingerprint density at radius 1 is 1.16 bits per heavy atom. The van der Waals surface area contributed by atoms with Crippen molar-refractivity contribution in [3.05, 3.63) is 35.9 Å². The van der Waals surface area contributed by atoms with Gasteiger partial charge in [-0.25, -0.2) is 0 Å². The molecule has 1 unspecified atom stereocenters.